The van der Waals surface area contributed by atoms with Crippen LogP contribution in [0, 0.1) is 0 Å². The van der Waals surface area contributed by atoms with Crippen molar-refractivity contribution in [1.29, 1.82) is 0 Å². The maximum atomic E-state index is 13.6. The van der Waals surface area contributed by atoms with Crippen LogP contribution in [-0.2, 0) is 15.0 Å². The number of aromatic amines is 1. The Labute approximate surface area is 238 Å². The minimum absolute atomic E-state index is 0.203. The molecule has 0 radical (unpaired) electrons. The zero-order chi connectivity index (χ0) is 28.1. The van der Waals surface area contributed by atoms with Crippen molar-refractivity contribution >= 4 is 23.5 Å². The third-order valence-corrected chi connectivity index (χ3v) is 7.54. The summed E-state index contributed by atoms with van der Waals surface area (Å²) in [5, 5.41) is 14.5. The second-order valence-electron chi connectivity index (χ2n) is 9.90. The second-order valence-corrected chi connectivity index (χ2v) is 10.3. The Balaban J connectivity index is 1.59. The van der Waals surface area contributed by atoms with Gasteiger partial charge in [0.2, 0.25) is 0 Å². The second kappa shape index (κ2) is 11.8. The van der Waals surface area contributed by atoms with E-state index in [1.165, 1.54) is 6.08 Å². The van der Waals surface area contributed by atoms with Crippen molar-refractivity contribution in [1.82, 2.24) is 15.3 Å². The van der Waals surface area contributed by atoms with E-state index in [1.54, 1.807) is 36.5 Å². The highest BCUT2D eigenvalue weighted by atomic mass is 35.5. The summed E-state index contributed by atoms with van der Waals surface area (Å²) in [5.74, 6) is -1.92. The van der Waals surface area contributed by atoms with Gasteiger partial charge in [-0.1, -0.05) is 110 Å². The summed E-state index contributed by atoms with van der Waals surface area (Å²) in [6.45, 7) is 2.06. The lowest BCUT2D eigenvalue weighted by Crippen LogP contribution is -2.43. The summed E-state index contributed by atoms with van der Waals surface area (Å²) in [6.07, 6.45) is 8.23. The first-order valence-electron chi connectivity index (χ1n) is 13.3. The van der Waals surface area contributed by atoms with E-state index >= 15 is 0 Å². The number of carbonyl (C=O) groups excluding carboxylic acids is 1. The molecule has 2 unspecified atom stereocenters. The van der Waals surface area contributed by atoms with Crippen molar-refractivity contribution in [2.45, 2.75) is 37.1 Å². The van der Waals surface area contributed by atoms with E-state index in [1.807, 2.05) is 66.7 Å². The van der Waals surface area contributed by atoms with E-state index < -0.39 is 17.3 Å². The number of nitrogens with one attached hydrogen (secondary N) is 2. The quantitative estimate of drug-likeness (QED) is 0.209. The van der Waals surface area contributed by atoms with Gasteiger partial charge in [-0.2, -0.15) is 0 Å². The first-order valence-corrected chi connectivity index (χ1v) is 13.7. The van der Waals surface area contributed by atoms with Gasteiger partial charge >= 0.3 is 5.97 Å². The van der Waals surface area contributed by atoms with Gasteiger partial charge in [0.15, 0.2) is 5.41 Å². The van der Waals surface area contributed by atoms with E-state index in [9.17, 15) is 14.7 Å². The van der Waals surface area contributed by atoms with Gasteiger partial charge in [0, 0.05) is 16.5 Å². The molecule has 1 aromatic heterocycles. The molecule has 5 rings (SSSR count). The summed E-state index contributed by atoms with van der Waals surface area (Å²) in [4.78, 5) is 34.8. The number of carboxylic acids is 1. The van der Waals surface area contributed by atoms with Crippen LogP contribution in [0.3, 0.4) is 0 Å². The van der Waals surface area contributed by atoms with E-state index in [0.29, 0.717) is 16.3 Å². The van der Waals surface area contributed by atoms with Crippen molar-refractivity contribution in [2.75, 3.05) is 0 Å². The summed E-state index contributed by atoms with van der Waals surface area (Å²) >= 11 is 6.32. The van der Waals surface area contributed by atoms with Gasteiger partial charge in [-0.3, -0.25) is 9.59 Å². The standard InChI is InChI=1S/C33H30ClN3O3/c1-2-10-28(22-11-5-3-6-12-22)36-30(38)25-17-18-27(24-15-9-16-26(34)19-24)33(20-25,32(39)40)31-35-21-29(37-31)23-13-7-4-8-14-23/h3-9,11-21,27-28H,2,10H2,1H3,(H,35,37)(H,36,38)(H,39,40)/t27?,28-,33?/m1/s1. The third kappa shape index (κ3) is 5.36. The molecule has 1 amide bonds. The Morgan fingerprint density at radius 2 is 1.77 bits per heavy atom. The van der Waals surface area contributed by atoms with Crippen LogP contribution >= 0.6 is 11.6 Å². The molecule has 0 aliphatic heterocycles. The van der Waals surface area contributed by atoms with E-state index in [4.69, 9.17) is 11.6 Å². The van der Waals surface area contributed by atoms with Crippen molar-refractivity contribution in [2.24, 2.45) is 0 Å². The Morgan fingerprint density at radius 3 is 2.45 bits per heavy atom. The molecular weight excluding hydrogens is 522 g/mol. The summed E-state index contributed by atoms with van der Waals surface area (Å²) < 4.78 is 0. The molecule has 3 atom stereocenters. The average Bonchev–Trinajstić information content (AvgIpc) is 3.48. The van der Waals surface area contributed by atoms with Crippen LogP contribution in [0.4, 0.5) is 0 Å². The number of nitrogens with zero attached hydrogens (tertiary/aromatic N) is 1. The highest BCUT2D eigenvalue weighted by Gasteiger charge is 2.50. The molecule has 3 N–H and O–H groups in total. The zero-order valence-corrected chi connectivity index (χ0v) is 22.8. The molecule has 0 bridgehead atoms. The number of halogens is 1. The molecule has 0 fully saturated rings. The lowest BCUT2D eigenvalue weighted by Gasteiger charge is -2.35. The van der Waals surface area contributed by atoms with Gasteiger partial charge in [-0.05, 0) is 41.3 Å². The summed E-state index contributed by atoms with van der Waals surface area (Å²) in [5.41, 5.74) is 1.83. The van der Waals surface area contributed by atoms with Gasteiger partial charge in [0.1, 0.15) is 5.82 Å². The van der Waals surface area contributed by atoms with Gasteiger partial charge in [-0.25, -0.2) is 4.98 Å². The largest absolute Gasteiger partial charge is 0.480 e. The van der Waals surface area contributed by atoms with E-state index in [0.717, 1.165) is 24.0 Å². The van der Waals surface area contributed by atoms with Gasteiger partial charge in [0.05, 0.1) is 17.9 Å². The van der Waals surface area contributed by atoms with Crippen LogP contribution in [0.25, 0.3) is 11.3 Å². The lowest BCUT2D eigenvalue weighted by atomic mass is 9.67. The molecule has 0 saturated heterocycles. The van der Waals surface area contributed by atoms with Crippen LogP contribution in [0.1, 0.15) is 48.7 Å². The van der Waals surface area contributed by atoms with Crippen LogP contribution in [0.2, 0.25) is 5.02 Å². The first kappa shape index (κ1) is 27.2. The molecule has 202 valence electrons. The molecule has 7 heteroatoms. The molecule has 4 aromatic rings. The Hall–Kier alpha value is -4.42. The maximum absolute atomic E-state index is 13.6. The minimum Gasteiger partial charge on any atom is -0.480 e. The van der Waals surface area contributed by atoms with Crippen LogP contribution in [0.15, 0.2) is 115 Å². The molecule has 1 aliphatic rings. The van der Waals surface area contributed by atoms with Crippen LogP contribution < -0.4 is 5.32 Å². The highest BCUT2D eigenvalue weighted by Crippen LogP contribution is 2.45. The number of allylic oxidation sites excluding steroid dienone is 1. The summed E-state index contributed by atoms with van der Waals surface area (Å²) in [7, 11) is 0. The normalized spacial score (nSPS) is 19.1. The number of hydrogen-bond donors (Lipinski definition) is 3. The topological polar surface area (TPSA) is 95.1 Å². The number of carbonyl (C=O) groups is 2. The van der Waals surface area contributed by atoms with Crippen molar-refractivity contribution in [3.63, 3.8) is 0 Å². The molecule has 0 saturated carbocycles. The van der Waals surface area contributed by atoms with E-state index in [2.05, 4.69) is 22.2 Å². The number of imidazole rings is 1. The third-order valence-electron chi connectivity index (χ3n) is 7.30. The summed E-state index contributed by atoms with van der Waals surface area (Å²) in [6, 6.07) is 26.3. The fourth-order valence-corrected chi connectivity index (χ4v) is 5.49. The minimum atomic E-state index is -1.69. The number of aliphatic carboxylic acids is 1. The van der Waals surface area contributed by atoms with Crippen molar-refractivity contribution in [3.8, 4) is 11.3 Å². The van der Waals surface area contributed by atoms with Gasteiger partial charge < -0.3 is 15.4 Å². The molecule has 3 aromatic carbocycles. The first-order chi connectivity index (χ1) is 19.4. The van der Waals surface area contributed by atoms with Gasteiger partial charge in [-0.15, -0.1) is 0 Å². The average molecular weight is 552 g/mol. The molecule has 1 aliphatic carbocycles. The van der Waals surface area contributed by atoms with E-state index in [-0.39, 0.29) is 23.3 Å². The lowest BCUT2D eigenvalue weighted by molar-refractivity contribution is -0.142. The number of aromatic nitrogens is 2. The number of H-pyrrole nitrogens is 1. The molecule has 6 nitrogen and oxygen atoms in total. The molecular formula is C33H30ClN3O3. The van der Waals surface area contributed by atoms with Crippen LogP contribution in [-0.4, -0.2) is 27.0 Å². The molecule has 40 heavy (non-hydrogen) atoms. The number of benzene rings is 3. The Kier molecular flexibility index (Phi) is 7.99. The van der Waals surface area contributed by atoms with Crippen molar-refractivity contribution in [3.05, 3.63) is 137 Å². The number of amides is 1. The SMILES string of the molecule is CCC[C@@H](NC(=O)C1=CC(C(=O)O)(c2ncc(-c3ccccc3)[nH]2)C(c2cccc(Cl)c2)C=C1)c1ccccc1. The Bertz CT molecular complexity index is 1560. The Morgan fingerprint density at radius 1 is 1.05 bits per heavy atom. The number of hydrogen-bond acceptors (Lipinski definition) is 3. The maximum Gasteiger partial charge on any atom is 0.322 e. The number of carboxylic acid groups (broad SMARTS) is 1. The molecule has 0 spiro atoms. The smallest absolute Gasteiger partial charge is 0.322 e. The fourth-order valence-electron chi connectivity index (χ4n) is 5.30. The molecule has 1 heterocycles. The van der Waals surface area contributed by atoms with Crippen LogP contribution in [0.5, 0.6) is 0 Å². The fraction of sp³-hybridized carbons (Fsp3) is 0.182. The van der Waals surface area contributed by atoms with Crippen molar-refractivity contribution < 1.29 is 14.7 Å². The zero-order valence-electron chi connectivity index (χ0n) is 22.1. The number of rotatable bonds is 9. The highest BCUT2D eigenvalue weighted by molar-refractivity contribution is 6.30. The predicted molar refractivity (Wildman–Crippen MR) is 157 cm³/mol. The monoisotopic (exact) mass is 551 g/mol. The van der Waals surface area contributed by atoms with Gasteiger partial charge in [0.25, 0.3) is 5.91 Å². The predicted octanol–water partition coefficient (Wildman–Crippen LogP) is 6.99.